The van der Waals surface area contributed by atoms with Crippen molar-refractivity contribution in [2.24, 2.45) is 5.92 Å². The predicted molar refractivity (Wildman–Crippen MR) is 84.7 cm³/mol. The third kappa shape index (κ3) is 6.12. The number of nitrogens with one attached hydrogen (secondary N) is 1. The van der Waals surface area contributed by atoms with Crippen molar-refractivity contribution in [3.05, 3.63) is 28.8 Å². The summed E-state index contributed by atoms with van der Waals surface area (Å²) in [5.74, 6) is 1.39. The van der Waals surface area contributed by atoms with Gasteiger partial charge in [-0.15, -0.1) is 0 Å². The normalized spacial score (nSPS) is 14.3. The zero-order chi connectivity index (χ0) is 15.2. The van der Waals surface area contributed by atoms with Crippen LogP contribution in [0.1, 0.15) is 32.8 Å². The van der Waals surface area contributed by atoms with Crippen molar-refractivity contribution < 1.29 is 9.84 Å². The predicted octanol–water partition coefficient (Wildman–Crippen LogP) is 3.28. The Bertz CT molecular complexity index is 419. The van der Waals surface area contributed by atoms with Crippen LogP contribution in [-0.4, -0.2) is 30.9 Å². The fourth-order valence-corrected chi connectivity index (χ4v) is 2.33. The van der Waals surface area contributed by atoms with E-state index in [0.717, 1.165) is 24.4 Å². The number of rotatable bonds is 8. The van der Waals surface area contributed by atoms with Crippen molar-refractivity contribution in [1.82, 2.24) is 5.32 Å². The maximum Gasteiger partial charge on any atom is 0.122 e. The lowest BCUT2D eigenvalue weighted by molar-refractivity contribution is 0.0508. The van der Waals surface area contributed by atoms with E-state index in [1.54, 1.807) is 13.2 Å². The first-order valence-corrected chi connectivity index (χ1v) is 7.47. The first-order valence-electron chi connectivity index (χ1n) is 7.09. The molecule has 1 aromatic rings. The summed E-state index contributed by atoms with van der Waals surface area (Å²) in [7, 11) is 1.63. The monoisotopic (exact) mass is 299 g/mol. The highest BCUT2D eigenvalue weighted by Crippen LogP contribution is 2.27. The Morgan fingerprint density at radius 1 is 1.40 bits per heavy atom. The Morgan fingerprint density at radius 3 is 2.70 bits per heavy atom. The van der Waals surface area contributed by atoms with Gasteiger partial charge in [0.15, 0.2) is 0 Å². The van der Waals surface area contributed by atoms with Crippen molar-refractivity contribution in [2.45, 2.75) is 39.2 Å². The van der Waals surface area contributed by atoms with E-state index in [9.17, 15) is 5.11 Å². The van der Waals surface area contributed by atoms with Gasteiger partial charge < -0.3 is 15.2 Å². The van der Waals surface area contributed by atoms with Crippen LogP contribution in [0.3, 0.4) is 0 Å². The van der Waals surface area contributed by atoms with Gasteiger partial charge in [-0.05, 0) is 56.1 Å². The number of aliphatic hydroxyl groups is 1. The van der Waals surface area contributed by atoms with Gasteiger partial charge in [-0.3, -0.25) is 0 Å². The van der Waals surface area contributed by atoms with Gasteiger partial charge in [-0.1, -0.05) is 25.4 Å². The molecule has 2 N–H and O–H groups in total. The molecular formula is C16H26ClNO2. The highest BCUT2D eigenvalue weighted by molar-refractivity contribution is 6.30. The van der Waals surface area contributed by atoms with E-state index in [1.165, 1.54) is 0 Å². The topological polar surface area (TPSA) is 41.5 Å². The molecule has 0 aliphatic rings. The number of hydrogen-bond acceptors (Lipinski definition) is 3. The van der Waals surface area contributed by atoms with Gasteiger partial charge in [0.25, 0.3) is 0 Å². The zero-order valence-corrected chi connectivity index (χ0v) is 13.6. The van der Waals surface area contributed by atoms with E-state index >= 15 is 0 Å². The van der Waals surface area contributed by atoms with Crippen LogP contribution in [0.5, 0.6) is 5.75 Å². The summed E-state index contributed by atoms with van der Waals surface area (Å²) in [6.07, 6.45) is 1.22. The van der Waals surface area contributed by atoms with Crippen LogP contribution < -0.4 is 10.1 Å². The number of methoxy groups -OCH3 is 1. The quantitative estimate of drug-likeness (QED) is 0.724. The minimum Gasteiger partial charge on any atom is -0.496 e. The third-order valence-electron chi connectivity index (χ3n) is 3.21. The molecule has 20 heavy (non-hydrogen) atoms. The number of halogens is 1. The first kappa shape index (κ1) is 17.3. The van der Waals surface area contributed by atoms with Gasteiger partial charge in [0.05, 0.1) is 12.7 Å². The Morgan fingerprint density at radius 2 is 2.10 bits per heavy atom. The second-order valence-electron chi connectivity index (χ2n) is 5.98. The molecule has 1 rings (SSSR count). The van der Waals surface area contributed by atoms with Gasteiger partial charge in [-0.25, -0.2) is 0 Å². The largest absolute Gasteiger partial charge is 0.496 e. The van der Waals surface area contributed by atoms with E-state index in [2.05, 4.69) is 19.2 Å². The molecule has 0 spiro atoms. The van der Waals surface area contributed by atoms with Gasteiger partial charge in [0, 0.05) is 11.4 Å². The van der Waals surface area contributed by atoms with Gasteiger partial charge >= 0.3 is 0 Å². The molecule has 0 saturated heterocycles. The van der Waals surface area contributed by atoms with Crippen LogP contribution >= 0.6 is 11.6 Å². The van der Waals surface area contributed by atoms with Crippen LogP contribution in [0.2, 0.25) is 5.02 Å². The molecular weight excluding hydrogens is 274 g/mol. The van der Waals surface area contributed by atoms with E-state index in [0.29, 0.717) is 23.8 Å². The lowest BCUT2D eigenvalue weighted by atomic mass is 9.92. The van der Waals surface area contributed by atoms with Gasteiger partial charge in [0.1, 0.15) is 5.75 Å². The maximum atomic E-state index is 10.5. The lowest BCUT2D eigenvalue weighted by Crippen LogP contribution is -2.33. The average molecular weight is 300 g/mol. The minimum absolute atomic E-state index is 0.528. The van der Waals surface area contributed by atoms with Crippen molar-refractivity contribution in [1.29, 1.82) is 0 Å². The second kappa shape index (κ2) is 7.87. The Labute approximate surface area is 127 Å². The molecule has 0 bridgehead atoms. The fourth-order valence-electron chi connectivity index (χ4n) is 2.13. The van der Waals surface area contributed by atoms with Crippen LogP contribution in [0.4, 0.5) is 0 Å². The molecule has 4 heteroatoms. The Balaban J connectivity index is 2.59. The molecule has 0 amide bonds. The summed E-state index contributed by atoms with van der Waals surface area (Å²) >= 11 is 6.01. The summed E-state index contributed by atoms with van der Waals surface area (Å²) in [5.41, 5.74) is 0.163. The van der Waals surface area contributed by atoms with Crippen LogP contribution in [0.25, 0.3) is 0 Å². The Hall–Kier alpha value is -0.770. The summed E-state index contributed by atoms with van der Waals surface area (Å²) in [6.45, 7) is 7.96. The lowest BCUT2D eigenvalue weighted by Gasteiger charge is -2.25. The zero-order valence-electron chi connectivity index (χ0n) is 12.9. The Kier molecular flexibility index (Phi) is 6.80. The molecule has 0 aliphatic heterocycles. The fraction of sp³-hybridized carbons (Fsp3) is 0.625. The second-order valence-corrected chi connectivity index (χ2v) is 6.41. The summed E-state index contributed by atoms with van der Waals surface area (Å²) < 4.78 is 5.32. The van der Waals surface area contributed by atoms with Crippen molar-refractivity contribution >= 4 is 11.6 Å². The van der Waals surface area contributed by atoms with Crippen LogP contribution in [0.15, 0.2) is 18.2 Å². The molecule has 0 aromatic heterocycles. The molecule has 0 saturated carbocycles. The molecule has 1 aromatic carbocycles. The maximum absolute atomic E-state index is 10.5. The number of benzene rings is 1. The molecule has 3 nitrogen and oxygen atoms in total. The summed E-state index contributed by atoms with van der Waals surface area (Å²) in [4.78, 5) is 0. The average Bonchev–Trinajstić information content (AvgIpc) is 2.34. The first-order chi connectivity index (χ1) is 9.34. The highest BCUT2D eigenvalue weighted by Gasteiger charge is 2.22. The van der Waals surface area contributed by atoms with Crippen LogP contribution in [0, 0.1) is 5.92 Å². The van der Waals surface area contributed by atoms with Crippen molar-refractivity contribution in [2.75, 3.05) is 20.2 Å². The molecule has 0 fully saturated rings. The van der Waals surface area contributed by atoms with E-state index in [4.69, 9.17) is 16.3 Å². The van der Waals surface area contributed by atoms with Crippen molar-refractivity contribution in [3.8, 4) is 5.75 Å². The standard InChI is InChI=1S/C16H26ClNO2/c1-12(2)11-18-8-7-16(3,19)10-13-9-14(17)5-6-15(13)20-4/h5-6,9,12,18-19H,7-8,10-11H2,1-4H3. The molecule has 1 atom stereocenters. The van der Waals surface area contributed by atoms with Gasteiger partial charge in [0.2, 0.25) is 0 Å². The van der Waals surface area contributed by atoms with Gasteiger partial charge in [-0.2, -0.15) is 0 Å². The number of hydrogen-bond donors (Lipinski definition) is 2. The van der Waals surface area contributed by atoms with Crippen molar-refractivity contribution in [3.63, 3.8) is 0 Å². The molecule has 1 unspecified atom stereocenters. The summed E-state index contributed by atoms with van der Waals surface area (Å²) in [6, 6.07) is 5.49. The minimum atomic E-state index is -0.776. The highest BCUT2D eigenvalue weighted by atomic mass is 35.5. The molecule has 0 aliphatic carbocycles. The van der Waals surface area contributed by atoms with E-state index in [1.807, 2.05) is 19.1 Å². The number of ether oxygens (including phenoxy) is 1. The molecule has 0 radical (unpaired) electrons. The molecule has 0 heterocycles. The molecule has 114 valence electrons. The van der Waals surface area contributed by atoms with Crippen LogP contribution in [-0.2, 0) is 6.42 Å². The summed E-state index contributed by atoms with van der Waals surface area (Å²) in [5, 5.41) is 14.5. The van der Waals surface area contributed by atoms with E-state index in [-0.39, 0.29) is 0 Å². The van der Waals surface area contributed by atoms with E-state index < -0.39 is 5.60 Å². The smallest absolute Gasteiger partial charge is 0.122 e. The SMILES string of the molecule is COc1ccc(Cl)cc1CC(C)(O)CCNCC(C)C. The third-order valence-corrected chi connectivity index (χ3v) is 3.44.